The number of nitrogens with zero attached hydrogens (tertiary/aromatic N) is 4. The van der Waals surface area contributed by atoms with Gasteiger partial charge in [0, 0.05) is 123 Å². The second-order valence-corrected chi connectivity index (χ2v) is 55.6. The van der Waals surface area contributed by atoms with E-state index in [-0.39, 0.29) is 153 Å². The van der Waals surface area contributed by atoms with Crippen molar-refractivity contribution in [2.24, 2.45) is 0 Å². The fourth-order valence-electron chi connectivity index (χ4n) is 12.5. The van der Waals surface area contributed by atoms with Gasteiger partial charge in [0.1, 0.15) is 0 Å². The minimum atomic E-state index is -4.38. The largest absolute Gasteiger partial charge is 3.00 e. The molecule has 13 aromatic carbocycles. The molecule has 0 unspecified atom stereocenters. The molecular weight excluding hydrogens is 2420 g/mol. The molecule has 4 N–H and O–H groups in total. The zero-order valence-electron chi connectivity index (χ0n) is 93.4. The molecule has 13 aromatic rings. The molecule has 1 heterocycles. The van der Waals surface area contributed by atoms with Gasteiger partial charge in [0.2, 0.25) is 0 Å². The Hall–Kier alpha value is -7.99. The Morgan fingerprint density at radius 1 is 0.299 bits per heavy atom. The molecule has 14 rings (SSSR count). The van der Waals surface area contributed by atoms with E-state index in [1.165, 1.54) is 19.4 Å². The fourth-order valence-corrected chi connectivity index (χ4v) is 23.2. The summed E-state index contributed by atoms with van der Waals surface area (Å²) >= 11 is 0. The summed E-state index contributed by atoms with van der Waals surface area (Å²) in [5.74, 6) is 0. The third kappa shape index (κ3) is 75.4. The van der Waals surface area contributed by atoms with Crippen molar-refractivity contribution in [1.29, 1.82) is 0 Å². The van der Waals surface area contributed by atoms with Crippen LogP contribution in [0.2, 0.25) is 0 Å². The Morgan fingerprint density at radius 3 is 0.571 bits per heavy atom. The number of hydrogen-bond donors (Lipinski definition) is 0. The SMILES string of the molecule is CC(C)(C)[N-]P(=[OH+])(C(C)(C)C)C(C)(C)C.CC(C)(C)[N-]P1(=[OH+])C(C)(C)CCC1(C)C.CC(C)P(=[OH+])([N-]C(C)(C)C)C(C)C.Cc1cc([N-]P(C)(C)=[OH+])cc(C(F)(F)F)c1.[CH2-]c1ccccc1.[CH2-]c1ccccc1.[CH2-]c1ccccc1.[CH2-]c1ccccc1.[CH2-]c1ccccc1.[CH2-]c1ccccc1.[CH2-]c1ccccc1.[CH2-]c1ccccc1.[CH2-]c1ccccc1.[CH2-]c1ccccc1.[CH2-]c1ccccc1.[CH2-]c1ccccc1.[Hf].[Hf].[Hf].[Ti+3]. The smallest absolute Gasteiger partial charge is 0.585 e. The van der Waals surface area contributed by atoms with Crippen molar-refractivity contribution in [2.75, 3.05) is 13.3 Å². The molecule has 0 aromatic heterocycles. The first-order chi connectivity index (χ1) is 66.0. The van der Waals surface area contributed by atoms with Gasteiger partial charge in [0.15, 0.2) is 29.2 Å². The molecule has 797 valence electrons. The molecule has 0 bridgehead atoms. The minimum Gasteiger partial charge on any atom is -0.585 e. The summed E-state index contributed by atoms with van der Waals surface area (Å²) in [4.78, 5) is 0. The van der Waals surface area contributed by atoms with Crippen molar-refractivity contribution < 1.29 is 131 Å². The predicted octanol–water partition coefficient (Wildman–Crippen LogP) is 40.8. The van der Waals surface area contributed by atoms with Crippen molar-refractivity contribution in [3.8, 4) is 0 Å². The van der Waals surface area contributed by atoms with Gasteiger partial charge in [0.25, 0.3) is 0 Å². The van der Waals surface area contributed by atoms with Crippen LogP contribution in [0.4, 0.5) is 18.9 Å². The maximum Gasteiger partial charge on any atom is 3.00 e. The molecule has 1 radical (unpaired) electrons. The average Bonchev–Trinajstić information content (AvgIpc) is 1.58. The van der Waals surface area contributed by atoms with Crippen LogP contribution in [0.15, 0.2) is 382 Å². The van der Waals surface area contributed by atoms with Crippen LogP contribution in [0, 0.1) is 90.0 Å². The molecule has 19 heteroatoms. The van der Waals surface area contributed by atoms with Crippen molar-refractivity contribution in [2.45, 2.75) is 234 Å². The zero-order valence-corrected chi connectivity index (χ0v) is 109. The van der Waals surface area contributed by atoms with E-state index >= 15 is 0 Å². The Labute approximate surface area is 966 Å². The zero-order chi connectivity index (χ0) is 110. The number of hydrogen-bond acceptors (Lipinski definition) is 0. The summed E-state index contributed by atoms with van der Waals surface area (Å²) in [6, 6.07) is 122. The van der Waals surface area contributed by atoms with Crippen molar-refractivity contribution in [1.82, 2.24) is 0 Å². The van der Waals surface area contributed by atoms with Crippen LogP contribution in [-0.2, 0) is 105 Å². The van der Waals surface area contributed by atoms with Crippen molar-refractivity contribution >= 4 is 34.9 Å². The Kier molecular flexibility index (Phi) is 77.9. The fraction of sp³-hybridized carbons (Fsp3) is 0.297. The van der Waals surface area contributed by atoms with Gasteiger partial charge >= 0.3 is 27.9 Å². The van der Waals surface area contributed by atoms with Gasteiger partial charge in [-0.3, -0.25) is 0 Å². The van der Waals surface area contributed by atoms with Crippen LogP contribution in [0.25, 0.3) is 20.3 Å². The summed E-state index contributed by atoms with van der Waals surface area (Å²) in [5, 5.41) is 17.7. The summed E-state index contributed by atoms with van der Waals surface area (Å²) in [7, 11) is -9.14. The maximum absolute atomic E-state index is 12.5. The first-order valence-electron chi connectivity index (χ1n) is 48.0. The molecular formula is C128H175F3Hf3N4O4P4Ti-9. The average molecular weight is 2600 g/mol. The summed E-state index contributed by atoms with van der Waals surface area (Å²) in [6.45, 7) is 97.2. The van der Waals surface area contributed by atoms with Crippen LogP contribution < -0.4 is 0 Å². The van der Waals surface area contributed by atoms with E-state index in [4.69, 9.17) is 10.2 Å². The molecule has 0 saturated carbocycles. The number of rotatable bonds is 7. The Morgan fingerprint density at radius 2 is 0.469 bits per heavy atom. The molecule has 0 aliphatic carbocycles. The predicted molar refractivity (Wildman–Crippen MR) is 634 cm³/mol. The molecule has 1 fully saturated rings. The molecule has 0 spiro atoms. The third-order valence-corrected chi connectivity index (χ3v) is 33.7. The number of alkyl halides is 3. The summed E-state index contributed by atoms with van der Waals surface area (Å²) in [5.41, 5.74) is 12.9. The standard InChI is InChI=1S/C12H25NOP.C12H27NOP.C10H12F3NOP.C10H23NOP.12C7H7.3Hf.Ti/c1-10(2,3)13-15(14)11(4,5)8-9-12(15,6)7;1-10(2,3)13-15(14,11(4,5)6)12(7,8)9;1-7-4-8(10(11,12)13)6-9(5-7)14-16(2,3)15;1-8(2)13(12,9(3)4)11-10(5,6)7;12*1-7-5-3-2-4-6-7;;;;/h8-9H2,1-7H3;1-9H3;4-6H,1-3H3;8-9H,1-7H3;12*2-6H,1H2;;;;/q16*-1;;;;+3/p+4. The third-order valence-electron chi connectivity index (χ3n) is 19.6. The molecule has 1 aliphatic heterocycles. The Balaban J connectivity index is -0.000000364. The van der Waals surface area contributed by atoms with Crippen LogP contribution >= 0.6 is 29.2 Å². The summed E-state index contributed by atoms with van der Waals surface area (Å²) in [6.07, 6.45) is -2.21. The molecule has 8 nitrogen and oxygen atoms in total. The van der Waals surface area contributed by atoms with Gasteiger partial charge in [-0.15, -0.1) is 168 Å². The van der Waals surface area contributed by atoms with Crippen LogP contribution in [0.5, 0.6) is 0 Å². The molecule has 0 amide bonds. The van der Waals surface area contributed by atoms with Crippen LogP contribution in [-0.4, -0.2) is 80.1 Å². The first kappa shape index (κ1) is 150. The van der Waals surface area contributed by atoms with E-state index in [1.807, 2.05) is 385 Å². The van der Waals surface area contributed by atoms with Gasteiger partial charge in [0.05, 0.1) is 5.56 Å². The van der Waals surface area contributed by atoms with Gasteiger partial charge in [-0.1, -0.05) is 222 Å². The number of benzene rings is 13. The second-order valence-electron chi connectivity index (χ2n) is 41.2. The number of aryl methyl sites for hydroxylation is 1. The Bertz CT molecular complexity index is 4700. The van der Waals surface area contributed by atoms with Gasteiger partial charge in [-0.05, 0) is 53.5 Å². The van der Waals surface area contributed by atoms with Crippen LogP contribution in [0.3, 0.4) is 0 Å². The molecule has 147 heavy (non-hydrogen) atoms. The number of halogens is 3. The van der Waals surface area contributed by atoms with E-state index in [0.717, 1.165) is 91.7 Å². The second kappa shape index (κ2) is 76.5. The normalized spacial score (nSPS) is 12.0. The van der Waals surface area contributed by atoms with E-state index in [2.05, 4.69) is 232 Å². The van der Waals surface area contributed by atoms with E-state index < -0.39 is 40.9 Å². The van der Waals surface area contributed by atoms with Crippen molar-refractivity contribution in [3.63, 3.8) is 0 Å². The van der Waals surface area contributed by atoms with Gasteiger partial charge in [-0.25, -0.2) is 0 Å². The van der Waals surface area contributed by atoms with Gasteiger partial charge in [-0.2, -0.15) is 309 Å². The maximum atomic E-state index is 12.5. The van der Waals surface area contributed by atoms with E-state index in [0.29, 0.717) is 5.56 Å². The molecule has 1 aliphatic rings. The van der Waals surface area contributed by atoms with Crippen molar-refractivity contribution in [3.05, 3.63) is 564 Å². The first-order valence-corrected chi connectivity index (χ1v) is 55.8. The van der Waals surface area contributed by atoms with E-state index in [1.54, 1.807) is 6.92 Å². The topological polar surface area (TPSA) is 142 Å². The summed E-state index contributed by atoms with van der Waals surface area (Å²) < 4.78 is 79.4. The molecule has 0 atom stereocenters. The minimum absolute atomic E-state index is 0. The van der Waals surface area contributed by atoms with E-state index in [9.17, 15) is 31.4 Å². The monoisotopic (exact) mass is 2600 g/mol. The molecule has 1 saturated heterocycles. The van der Waals surface area contributed by atoms with Gasteiger partial charge < -0.3 is 38.6 Å². The van der Waals surface area contributed by atoms with Crippen LogP contribution in [0.1, 0.15) is 250 Å². The quantitative estimate of drug-likeness (QED) is 0.0648.